The Hall–Kier alpha value is -2.78. The largest absolute Gasteiger partial charge is 0.497 e. The van der Waals surface area contributed by atoms with Crippen LogP contribution in [0.3, 0.4) is 0 Å². The Bertz CT molecular complexity index is 966. The Morgan fingerprint density at radius 3 is 2.59 bits per heavy atom. The first-order valence-electron chi connectivity index (χ1n) is 8.90. The van der Waals surface area contributed by atoms with Crippen LogP contribution in [0.25, 0.3) is 0 Å². The molecule has 9 heteroatoms. The van der Waals surface area contributed by atoms with Crippen molar-refractivity contribution in [3.8, 4) is 5.75 Å². The fraction of sp³-hybridized carbons (Fsp3) is 0.300. The summed E-state index contributed by atoms with van der Waals surface area (Å²) in [4.78, 5) is 29.0. The van der Waals surface area contributed by atoms with Crippen LogP contribution in [0, 0.1) is 0 Å². The molecule has 0 aliphatic carbocycles. The number of hydrogen-bond acceptors (Lipinski definition) is 7. The number of thiophene rings is 1. The predicted octanol–water partition coefficient (Wildman–Crippen LogP) is 3.91. The summed E-state index contributed by atoms with van der Waals surface area (Å²) in [5.74, 6) is -0.105. The lowest BCUT2D eigenvalue weighted by Crippen LogP contribution is -2.49. The normalized spacial score (nSPS) is 12.3. The number of hydrogen-bond donors (Lipinski definition) is 1. The van der Waals surface area contributed by atoms with E-state index in [4.69, 9.17) is 4.74 Å². The zero-order valence-corrected chi connectivity index (χ0v) is 18.2. The molecule has 0 aliphatic heterocycles. The molecule has 1 atom stereocenters. The highest BCUT2D eigenvalue weighted by Crippen LogP contribution is 2.34. The number of benzene rings is 1. The molecular formula is C20H22N4O3S2. The van der Waals surface area contributed by atoms with Gasteiger partial charge < -0.3 is 10.1 Å². The topological polar surface area (TPSA) is 84.4 Å². The molecule has 1 aromatic carbocycles. The summed E-state index contributed by atoms with van der Waals surface area (Å²) in [5.41, 5.74) is 0.255. The van der Waals surface area contributed by atoms with Crippen molar-refractivity contribution in [2.45, 2.75) is 32.4 Å². The second-order valence-corrected chi connectivity index (χ2v) is 8.91. The Balaban J connectivity index is 2.14. The minimum atomic E-state index is -0.865. The first-order valence-corrected chi connectivity index (χ1v) is 10.6. The summed E-state index contributed by atoms with van der Waals surface area (Å²) < 4.78 is 9.13. The molecule has 2 heterocycles. The highest BCUT2D eigenvalue weighted by atomic mass is 32.1. The molecule has 0 unspecified atom stereocenters. The number of ether oxygens (including phenoxy) is 1. The Kier molecular flexibility index (Phi) is 6.29. The number of methoxy groups -OCH3 is 1. The summed E-state index contributed by atoms with van der Waals surface area (Å²) in [5, 5.41) is 10.4. The van der Waals surface area contributed by atoms with Gasteiger partial charge in [0, 0.05) is 27.5 Å². The third-order valence-electron chi connectivity index (χ3n) is 3.95. The third-order valence-corrected chi connectivity index (χ3v) is 5.38. The molecule has 0 radical (unpaired) electrons. The summed E-state index contributed by atoms with van der Waals surface area (Å²) in [6.45, 7) is 5.70. The van der Waals surface area contributed by atoms with E-state index >= 15 is 0 Å². The Morgan fingerprint density at radius 2 is 2.00 bits per heavy atom. The molecule has 0 fully saturated rings. The van der Waals surface area contributed by atoms with E-state index in [0.29, 0.717) is 11.4 Å². The number of anilines is 1. The molecule has 0 saturated heterocycles. The van der Waals surface area contributed by atoms with Gasteiger partial charge in [-0.25, -0.2) is 0 Å². The Morgan fingerprint density at radius 1 is 1.21 bits per heavy atom. The fourth-order valence-electron chi connectivity index (χ4n) is 2.78. The molecule has 7 nitrogen and oxygen atoms in total. The van der Waals surface area contributed by atoms with E-state index in [1.54, 1.807) is 36.8 Å². The van der Waals surface area contributed by atoms with Crippen LogP contribution in [0.4, 0.5) is 5.69 Å². The van der Waals surface area contributed by atoms with Gasteiger partial charge in [-0.3, -0.25) is 14.5 Å². The van der Waals surface area contributed by atoms with Gasteiger partial charge in [-0.1, -0.05) is 16.6 Å². The number of rotatable bonds is 6. The van der Waals surface area contributed by atoms with Crippen LogP contribution in [0.1, 0.15) is 42.2 Å². The zero-order chi connectivity index (χ0) is 21.0. The molecule has 3 aromatic rings. The van der Waals surface area contributed by atoms with Gasteiger partial charge in [0.05, 0.1) is 7.11 Å². The molecule has 0 saturated carbocycles. The Labute approximate surface area is 177 Å². The van der Waals surface area contributed by atoms with Crippen LogP contribution in [0.2, 0.25) is 0 Å². The smallest absolute Gasteiger partial charge is 0.280 e. The van der Waals surface area contributed by atoms with Gasteiger partial charge in [0.1, 0.15) is 5.75 Å². The molecule has 29 heavy (non-hydrogen) atoms. The molecule has 152 valence electrons. The summed E-state index contributed by atoms with van der Waals surface area (Å²) in [6.07, 6.45) is 0. The zero-order valence-electron chi connectivity index (χ0n) is 16.6. The van der Waals surface area contributed by atoms with Gasteiger partial charge in [0.2, 0.25) is 5.91 Å². The third kappa shape index (κ3) is 4.99. The number of carbonyl (C=O) groups is 2. The van der Waals surface area contributed by atoms with Crippen LogP contribution in [-0.2, 0) is 4.79 Å². The number of nitrogens with zero attached hydrogens (tertiary/aromatic N) is 3. The van der Waals surface area contributed by atoms with Crippen LogP contribution >= 0.6 is 22.9 Å². The van der Waals surface area contributed by atoms with E-state index < -0.39 is 17.5 Å². The quantitative estimate of drug-likeness (QED) is 0.641. The summed E-state index contributed by atoms with van der Waals surface area (Å²) >= 11 is 2.50. The first kappa shape index (κ1) is 20.9. The van der Waals surface area contributed by atoms with Crippen molar-refractivity contribution in [2.75, 3.05) is 12.0 Å². The van der Waals surface area contributed by atoms with Gasteiger partial charge in [0.15, 0.2) is 11.7 Å². The average molecular weight is 431 g/mol. The minimum Gasteiger partial charge on any atom is -0.497 e. The molecular weight excluding hydrogens is 408 g/mol. The molecule has 1 N–H and O–H groups in total. The second kappa shape index (κ2) is 8.71. The summed E-state index contributed by atoms with van der Waals surface area (Å²) in [7, 11) is 1.55. The van der Waals surface area contributed by atoms with Gasteiger partial charge in [-0.15, -0.1) is 16.4 Å². The predicted molar refractivity (Wildman–Crippen MR) is 115 cm³/mol. The SMILES string of the molecule is COc1cccc(N(C(=O)c2csnn2)[C@@H](C(=O)NC(C)(C)C)c2cccs2)c1. The fourth-order valence-corrected chi connectivity index (χ4v) is 4.03. The van der Waals surface area contributed by atoms with E-state index in [1.807, 2.05) is 38.3 Å². The average Bonchev–Trinajstić information content (AvgIpc) is 3.37. The lowest BCUT2D eigenvalue weighted by molar-refractivity contribution is -0.123. The molecule has 3 rings (SSSR count). The van der Waals surface area contributed by atoms with E-state index in [-0.39, 0.29) is 11.6 Å². The van der Waals surface area contributed by atoms with Crippen molar-refractivity contribution in [1.82, 2.24) is 14.9 Å². The first-order chi connectivity index (χ1) is 13.8. The lowest BCUT2D eigenvalue weighted by atomic mass is 10.1. The van der Waals surface area contributed by atoms with Gasteiger partial charge in [-0.05, 0) is 55.9 Å². The summed E-state index contributed by atoms with van der Waals surface area (Å²) in [6, 6.07) is 9.89. The van der Waals surface area contributed by atoms with E-state index in [1.165, 1.54) is 16.2 Å². The van der Waals surface area contributed by atoms with E-state index in [2.05, 4.69) is 14.9 Å². The van der Waals surface area contributed by atoms with Gasteiger partial charge in [-0.2, -0.15) is 0 Å². The highest BCUT2D eigenvalue weighted by molar-refractivity contribution is 7.10. The molecule has 2 aromatic heterocycles. The van der Waals surface area contributed by atoms with Crippen LogP contribution < -0.4 is 15.0 Å². The minimum absolute atomic E-state index is 0.183. The standard InChI is InChI=1S/C20H22N4O3S2/c1-20(2,3)21-18(25)17(16-9-6-10-28-16)24(19(26)15-12-29-23-22-15)13-7-5-8-14(11-13)27-4/h5-12,17H,1-4H3,(H,21,25)/t17-/m1/s1. The van der Waals surface area contributed by atoms with Crippen LogP contribution in [0.5, 0.6) is 5.75 Å². The van der Waals surface area contributed by atoms with Crippen molar-refractivity contribution >= 4 is 40.4 Å². The van der Waals surface area contributed by atoms with Crippen molar-refractivity contribution < 1.29 is 14.3 Å². The van der Waals surface area contributed by atoms with Crippen molar-refractivity contribution in [3.05, 3.63) is 57.7 Å². The van der Waals surface area contributed by atoms with E-state index in [9.17, 15) is 9.59 Å². The van der Waals surface area contributed by atoms with Crippen LogP contribution in [0.15, 0.2) is 47.2 Å². The van der Waals surface area contributed by atoms with Crippen molar-refractivity contribution in [3.63, 3.8) is 0 Å². The second-order valence-electron chi connectivity index (χ2n) is 7.32. The van der Waals surface area contributed by atoms with Crippen molar-refractivity contribution in [2.24, 2.45) is 0 Å². The molecule has 0 aliphatic rings. The van der Waals surface area contributed by atoms with E-state index in [0.717, 1.165) is 16.4 Å². The maximum absolute atomic E-state index is 13.4. The maximum atomic E-state index is 13.4. The van der Waals surface area contributed by atoms with Crippen molar-refractivity contribution in [1.29, 1.82) is 0 Å². The van der Waals surface area contributed by atoms with Gasteiger partial charge >= 0.3 is 0 Å². The van der Waals surface area contributed by atoms with Gasteiger partial charge in [0.25, 0.3) is 5.91 Å². The molecule has 0 spiro atoms. The number of aromatic nitrogens is 2. The lowest BCUT2D eigenvalue weighted by Gasteiger charge is -2.32. The molecule has 2 amide bonds. The van der Waals surface area contributed by atoms with Crippen LogP contribution in [-0.4, -0.2) is 34.1 Å². The number of amides is 2. The monoisotopic (exact) mass is 430 g/mol. The maximum Gasteiger partial charge on any atom is 0.280 e. The highest BCUT2D eigenvalue weighted by Gasteiger charge is 2.36. The molecule has 0 bridgehead atoms. The number of nitrogens with one attached hydrogen (secondary N) is 1. The number of carbonyl (C=O) groups excluding carboxylic acids is 2.